The highest BCUT2D eigenvalue weighted by Crippen LogP contribution is 2.22. The minimum Gasteiger partial charge on any atom is -0.370 e. The maximum absolute atomic E-state index is 10.6. The summed E-state index contributed by atoms with van der Waals surface area (Å²) >= 11 is 1.37. The van der Waals surface area contributed by atoms with Crippen LogP contribution < -0.4 is 5.73 Å². The molecule has 87 valence electrons. The van der Waals surface area contributed by atoms with E-state index in [2.05, 4.69) is 9.59 Å². The van der Waals surface area contributed by atoms with Gasteiger partial charge in [-0.15, -0.1) is 5.10 Å². The van der Waals surface area contributed by atoms with Gasteiger partial charge in [0.15, 0.2) is 0 Å². The average molecular weight is 246 g/mol. The zero-order chi connectivity index (χ0) is 12.1. The van der Waals surface area contributed by atoms with E-state index in [0.717, 1.165) is 22.4 Å². The van der Waals surface area contributed by atoms with Gasteiger partial charge in [0.1, 0.15) is 0 Å². The minimum absolute atomic E-state index is 0.294. The lowest BCUT2D eigenvalue weighted by Gasteiger charge is -2.01. The number of primary amides is 1. The second-order valence-corrected chi connectivity index (χ2v) is 4.43. The Bertz CT molecular complexity index is 479. The largest absolute Gasteiger partial charge is 0.370 e. The lowest BCUT2D eigenvalue weighted by molar-refractivity contribution is -0.117. The smallest absolute Gasteiger partial charge is 0.217 e. The molecule has 0 unspecified atom stereocenters. The Morgan fingerprint density at radius 3 is 2.71 bits per heavy atom. The van der Waals surface area contributed by atoms with E-state index < -0.39 is 0 Å². The normalized spacial score (nSPS) is 10.4. The maximum atomic E-state index is 10.6. The van der Waals surface area contributed by atoms with E-state index in [4.69, 9.17) is 5.73 Å². The van der Waals surface area contributed by atoms with Crippen LogP contribution in [0.15, 0.2) is 30.5 Å². The van der Waals surface area contributed by atoms with Crippen LogP contribution in [0.1, 0.15) is 12.0 Å². The molecule has 0 bridgehead atoms. The SMILES string of the molecule is NC(=O)C[CH]Cc1ccc(-c2cnns2)cc1. The summed E-state index contributed by atoms with van der Waals surface area (Å²) in [4.78, 5) is 11.6. The highest BCUT2D eigenvalue weighted by atomic mass is 32.1. The van der Waals surface area contributed by atoms with Crippen LogP contribution in [0.2, 0.25) is 0 Å². The van der Waals surface area contributed by atoms with Crippen molar-refractivity contribution >= 4 is 17.4 Å². The lowest BCUT2D eigenvalue weighted by Crippen LogP contribution is -2.10. The summed E-state index contributed by atoms with van der Waals surface area (Å²) in [6, 6.07) is 8.13. The molecule has 1 aromatic heterocycles. The molecule has 0 saturated carbocycles. The minimum atomic E-state index is -0.294. The number of benzene rings is 1. The van der Waals surface area contributed by atoms with Crippen LogP contribution >= 0.6 is 11.5 Å². The van der Waals surface area contributed by atoms with E-state index in [1.54, 1.807) is 6.20 Å². The van der Waals surface area contributed by atoms with Crippen LogP contribution in [0.4, 0.5) is 0 Å². The highest BCUT2D eigenvalue weighted by Gasteiger charge is 2.01. The zero-order valence-electron chi connectivity index (χ0n) is 9.17. The first kappa shape index (κ1) is 11.7. The van der Waals surface area contributed by atoms with Crippen molar-refractivity contribution < 1.29 is 4.79 Å². The molecular formula is C12H12N3OS. The number of hydrogen-bond acceptors (Lipinski definition) is 4. The fourth-order valence-electron chi connectivity index (χ4n) is 1.48. The molecule has 2 aromatic rings. The van der Waals surface area contributed by atoms with Crippen molar-refractivity contribution in [2.45, 2.75) is 12.8 Å². The highest BCUT2D eigenvalue weighted by molar-refractivity contribution is 7.09. The van der Waals surface area contributed by atoms with Crippen molar-refractivity contribution in [3.05, 3.63) is 42.4 Å². The standard InChI is InChI=1S/C12H12N3OS/c13-12(16)3-1-2-9-4-6-10(7-5-9)11-8-14-15-17-11/h1,4-8H,2-3H2,(H2,13,16). The van der Waals surface area contributed by atoms with Crippen molar-refractivity contribution in [3.63, 3.8) is 0 Å². The van der Waals surface area contributed by atoms with Crippen LogP contribution in [-0.4, -0.2) is 15.5 Å². The van der Waals surface area contributed by atoms with Crippen LogP contribution in [0.25, 0.3) is 10.4 Å². The summed E-state index contributed by atoms with van der Waals surface area (Å²) in [6.07, 6.45) is 4.70. The Morgan fingerprint density at radius 1 is 1.35 bits per heavy atom. The van der Waals surface area contributed by atoms with Crippen LogP contribution in [0.3, 0.4) is 0 Å². The molecule has 0 atom stereocenters. The number of nitrogens with zero attached hydrogens (tertiary/aromatic N) is 2. The van der Waals surface area contributed by atoms with Gasteiger partial charge in [0, 0.05) is 6.42 Å². The summed E-state index contributed by atoms with van der Waals surface area (Å²) in [5, 5.41) is 3.80. The van der Waals surface area contributed by atoms with Crippen LogP contribution in [-0.2, 0) is 11.2 Å². The summed E-state index contributed by atoms with van der Waals surface area (Å²) in [7, 11) is 0. The summed E-state index contributed by atoms with van der Waals surface area (Å²) in [6.45, 7) is 0. The molecule has 0 aliphatic carbocycles. The topological polar surface area (TPSA) is 68.9 Å². The Morgan fingerprint density at radius 2 is 2.12 bits per heavy atom. The molecule has 0 aliphatic rings. The molecular weight excluding hydrogens is 234 g/mol. The Hall–Kier alpha value is -1.75. The predicted octanol–water partition coefficient (Wildman–Crippen LogP) is 1.83. The van der Waals surface area contributed by atoms with Gasteiger partial charge in [-0.05, 0) is 35.5 Å². The van der Waals surface area contributed by atoms with Gasteiger partial charge >= 0.3 is 0 Å². The van der Waals surface area contributed by atoms with Gasteiger partial charge in [0.25, 0.3) is 0 Å². The molecule has 0 fully saturated rings. The van der Waals surface area contributed by atoms with E-state index in [9.17, 15) is 4.79 Å². The van der Waals surface area contributed by atoms with Crippen molar-refractivity contribution in [1.82, 2.24) is 9.59 Å². The first-order valence-electron chi connectivity index (χ1n) is 5.22. The van der Waals surface area contributed by atoms with Gasteiger partial charge in [-0.3, -0.25) is 4.79 Å². The van der Waals surface area contributed by atoms with Crippen molar-refractivity contribution in [3.8, 4) is 10.4 Å². The van der Waals surface area contributed by atoms with E-state index in [0.29, 0.717) is 6.42 Å². The van der Waals surface area contributed by atoms with Crippen LogP contribution in [0, 0.1) is 6.42 Å². The summed E-state index contributed by atoms with van der Waals surface area (Å²) in [5.41, 5.74) is 7.33. The second-order valence-electron chi connectivity index (χ2n) is 3.64. The third-order valence-corrected chi connectivity index (χ3v) is 3.04. The second kappa shape index (κ2) is 5.54. The molecule has 1 aromatic carbocycles. The molecule has 5 heteroatoms. The molecule has 0 spiro atoms. The number of nitrogens with two attached hydrogens (primary N) is 1. The number of rotatable bonds is 5. The number of carbonyl (C=O) groups excluding carboxylic acids is 1. The fourth-order valence-corrected chi connectivity index (χ4v) is 2.00. The summed E-state index contributed by atoms with van der Waals surface area (Å²) < 4.78 is 3.82. The van der Waals surface area contributed by atoms with Crippen molar-refractivity contribution in [2.24, 2.45) is 5.73 Å². The van der Waals surface area contributed by atoms with Crippen LogP contribution in [0.5, 0.6) is 0 Å². The third-order valence-electron chi connectivity index (χ3n) is 2.33. The van der Waals surface area contributed by atoms with Gasteiger partial charge in [-0.1, -0.05) is 28.8 Å². The molecule has 4 nitrogen and oxygen atoms in total. The molecule has 1 heterocycles. The van der Waals surface area contributed by atoms with Crippen molar-refractivity contribution in [2.75, 3.05) is 0 Å². The number of carbonyl (C=O) groups is 1. The quantitative estimate of drug-likeness (QED) is 0.875. The maximum Gasteiger partial charge on any atom is 0.217 e. The third kappa shape index (κ3) is 3.35. The number of hydrogen-bond donors (Lipinski definition) is 1. The van der Waals surface area contributed by atoms with Gasteiger partial charge in [0.2, 0.25) is 5.91 Å². The molecule has 17 heavy (non-hydrogen) atoms. The number of aromatic nitrogens is 2. The van der Waals surface area contributed by atoms with Gasteiger partial charge in [-0.25, -0.2) is 0 Å². The molecule has 2 N–H and O–H groups in total. The first-order chi connectivity index (χ1) is 8.25. The summed E-state index contributed by atoms with van der Waals surface area (Å²) in [5.74, 6) is -0.294. The van der Waals surface area contributed by atoms with E-state index in [1.165, 1.54) is 11.5 Å². The van der Waals surface area contributed by atoms with Gasteiger partial charge in [0.05, 0.1) is 11.1 Å². The zero-order valence-corrected chi connectivity index (χ0v) is 9.98. The fraction of sp³-hybridized carbons (Fsp3) is 0.167. The average Bonchev–Trinajstić information content (AvgIpc) is 2.83. The molecule has 0 aliphatic heterocycles. The Balaban J connectivity index is 1.96. The first-order valence-corrected chi connectivity index (χ1v) is 5.99. The Labute approximate surface area is 104 Å². The number of amides is 1. The monoisotopic (exact) mass is 246 g/mol. The molecule has 1 amide bonds. The molecule has 0 saturated heterocycles. The van der Waals surface area contributed by atoms with E-state index >= 15 is 0 Å². The Kier molecular flexibility index (Phi) is 3.82. The molecule has 1 radical (unpaired) electrons. The van der Waals surface area contributed by atoms with E-state index in [-0.39, 0.29) is 5.91 Å². The lowest BCUT2D eigenvalue weighted by atomic mass is 10.1. The van der Waals surface area contributed by atoms with Crippen molar-refractivity contribution in [1.29, 1.82) is 0 Å². The van der Waals surface area contributed by atoms with E-state index in [1.807, 2.05) is 30.7 Å². The van der Waals surface area contributed by atoms with Gasteiger partial charge < -0.3 is 5.73 Å². The predicted molar refractivity (Wildman–Crippen MR) is 67.2 cm³/mol. The van der Waals surface area contributed by atoms with Gasteiger partial charge in [-0.2, -0.15) is 0 Å². The molecule has 2 rings (SSSR count).